The number of hydrogen-bond donors (Lipinski definition) is 0. The van der Waals surface area contributed by atoms with Gasteiger partial charge in [-0.25, -0.2) is 8.78 Å². The molecule has 0 saturated heterocycles. The summed E-state index contributed by atoms with van der Waals surface area (Å²) in [7, 11) is 0. The van der Waals surface area contributed by atoms with Crippen LogP contribution in [0.1, 0.15) is 34.3 Å². The SMILES string of the molecule is CCOC(=O)C(C(=O)c1ccc(F)c(F)c1)C(C[N+](=O)[O-])c1ccc2c(c1)OCC2. The summed E-state index contributed by atoms with van der Waals surface area (Å²) < 4.78 is 37.4. The molecule has 9 heteroatoms. The van der Waals surface area contributed by atoms with Crippen molar-refractivity contribution in [3.8, 4) is 5.75 Å². The zero-order chi connectivity index (χ0) is 21.8. The number of nitro groups is 1. The average Bonchev–Trinajstić information content (AvgIpc) is 3.17. The Morgan fingerprint density at radius 2 is 1.97 bits per heavy atom. The van der Waals surface area contributed by atoms with Gasteiger partial charge in [-0.05, 0) is 42.3 Å². The van der Waals surface area contributed by atoms with Crippen molar-refractivity contribution >= 4 is 11.8 Å². The van der Waals surface area contributed by atoms with Crippen molar-refractivity contribution in [1.82, 2.24) is 0 Å². The summed E-state index contributed by atoms with van der Waals surface area (Å²) in [5.41, 5.74) is 0.984. The van der Waals surface area contributed by atoms with E-state index in [-0.39, 0.29) is 12.2 Å². The highest BCUT2D eigenvalue weighted by Crippen LogP contribution is 2.35. The Bertz CT molecular complexity index is 993. The fraction of sp³-hybridized carbons (Fsp3) is 0.333. The van der Waals surface area contributed by atoms with E-state index in [1.54, 1.807) is 18.2 Å². The van der Waals surface area contributed by atoms with Crippen LogP contribution in [-0.4, -0.2) is 36.4 Å². The number of fused-ring (bicyclic) bond motifs is 1. The molecule has 0 spiro atoms. The van der Waals surface area contributed by atoms with E-state index in [0.717, 1.165) is 17.7 Å². The third-order valence-electron chi connectivity index (χ3n) is 4.92. The maximum absolute atomic E-state index is 13.7. The molecule has 0 bridgehead atoms. The summed E-state index contributed by atoms with van der Waals surface area (Å²) in [6, 6.07) is 7.36. The van der Waals surface area contributed by atoms with Crippen molar-refractivity contribution in [3.05, 3.63) is 74.8 Å². The summed E-state index contributed by atoms with van der Waals surface area (Å²) >= 11 is 0. The number of Topliss-reactive ketones (excluding diaryl/α,β-unsaturated/α-hetero) is 1. The van der Waals surface area contributed by atoms with E-state index in [1.807, 2.05) is 0 Å². The number of benzene rings is 2. The smallest absolute Gasteiger partial charge is 0.317 e. The molecule has 2 unspecified atom stereocenters. The first-order valence-corrected chi connectivity index (χ1v) is 9.35. The topological polar surface area (TPSA) is 95.7 Å². The second-order valence-electron chi connectivity index (χ2n) is 6.81. The number of carbonyl (C=O) groups excluding carboxylic acids is 2. The highest BCUT2D eigenvalue weighted by atomic mass is 19.2. The maximum Gasteiger partial charge on any atom is 0.317 e. The van der Waals surface area contributed by atoms with Crippen LogP contribution in [0.3, 0.4) is 0 Å². The first kappa shape index (κ1) is 21.4. The zero-order valence-corrected chi connectivity index (χ0v) is 16.1. The fourth-order valence-electron chi connectivity index (χ4n) is 3.49. The normalized spacial score (nSPS) is 14.4. The number of ketones is 1. The summed E-state index contributed by atoms with van der Waals surface area (Å²) in [6.45, 7) is 1.20. The second-order valence-corrected chi connectivity index (χ2v) is 6.81. The van der Waals surface area contributed by atoms with E-state index >= 15 is 0 Å². The first-order chi connectivity index (χ1) is 14.3. The van der Waals surface area contributed by atoms with Gasteiger partial charge in [-0.2, -0.15) is 0 Å². The minimum absolute atomic E-state index is 0.0567. The molecule has 0 aliphatic carbocycles. The largest absolute Gasteiger partial charge is 0.493 e. The predicted molar refractivity (Wildman–Crippen MR) is 101 cm³/mol. The van der Waals surface area contributed by atoms with Gasteiger partial charge in [0.05, 0.1) is 19.1 Å². The Hall–Kier alpha value is -3.36. The Kier molecular flexibility index (Phi) is 6.39. The molecule has 2 atom stereocenters. The third-order valence-corrected chi connectivity index (χ3v) is 4.92. The van der Waals surface area contributed by atoms with Crippen LogP contribution in [0.2, 0.25) is 0 Å². The number of hydrogen-bond acceptors (Lipinski definition) is 6. The lowest BCUT2D eigenvalue weighted by Crippen LogP contribution is -2.35. The van der Waals surface area contributed by atoms with Crippen LogP contribution in [0.4, 0.5) is 8.78 Å². The van der Waals surface area contributed by atoms with Gasteiger partial charge in [0.15, 0.2) is 17.4 Å². The molecule has 0 radical (unpaired) electrons. The molecule has 0 N–H and O–H groups in total. The Labute approximate surface area is 170 Å². The summed E-state index contributed by atoms with van der Waals surface area (Å²) in [4.78, 5) is 36.5. The predicted octanol–water partition coefficient (Wildman–Crippen LogP) is 3.32. The second kappa shape index (κ2) is 8.98. The van der Waals surface area contributed by atoms with Crippen LogP contribution in [0.15, 0.2) is 36.4 Å². The third kappa shape index (κ3) is 4.45. The molecule has 1 aliphatic heterocycles. The molecular formula is C21H19F2NO6. The lowest BCUT2D eigenvalue weighted by Gasteiger charge is -2.23. The van der Waals surface area contributed by atoms with Crippen molar-refractivity contribution in [3.63, 3.8) is 0 Å². The van der Waals surface area contributed by atoms with Crippen molar-refractivity contribution in [2.24, 2.45) is 5.92 Å². The molecular weight excluding hydrogens is 400 g/mol. The summed E-state index contributed by atoms with van der Waals surface area (Å²) in [5, 5.41) is 11.4. The molecule has 1 aliphatic rings. The van der Waals surface area contributed by atoms with Gasteiger partial charge in [0.25, 0.3) is 0 Å². The van der Waals surface area contributed by atoms with E-state index in [0.29, 0.717) is 30.4 Å². The van der Waals surface area contributed by atoms with Crippen LogP contribution in [-0.2, 0) is 16.0 Å². The minimum Gasteiger partial charge on any atom is -0.493 e. The van der Waals surface area contributed by atoms with Crippen LogP contribution >= 0.6 is 0 Å². The van der Waals surface area contributed by atoms with Gasteiger partial charge in [0.2, 0.25) is 6.54 Å². The van der Waals surface area contributed by atoms with Gasteiger partial charge >= 0.3 is 5.97 Å². The van der Waals surface area contributed by atoms with Gasteiger partial charge in [0, 0.05) is 16.9 Å². The lowest BCUT2D eigenvalue weighted by atomic mass is 9.80. The Morgan fingerprint density at radius 1 is 1.20 bits per heavy atom. The molecule has 2 aromatic carbocycles. The number of nitrogens with zero attached hydrogens (tertiary/aromatic N) is 1. The molecule has 3 rings (SSSR count). The van der Waals surface area contributed by atoms with Crippen LogP contribution < -0.4 is 4.74 Å². The van der Waals surface area contributed by atoms with E-state index in [9.17, 15) is 28.5 Å². The zero-order valence-electron chi connectivity index (χ0n) is 16.1. The molecule has 0 saturated carbocycles. The van der Waals surface area contributed by atoms with E-state index in [2.05, 4.69) is 0 Å². The first-order valence-electron chi connectivity index (χ1n) is 9.35. The summed E-state index contributed by atoms with van der Waals surface area (Å²) in [6.07, 6.45) is 0.685. The molecule has 0 amide bonds. The monoisotopic (exact) mass is 419 g/mol. The van der Waals surface area contributed by atoms with Gasteiger partial charge in [0.1, 0.15) is 11.7 Å². The number of halogens is 2. The number of ether oxygens (including phenoxy) is 2. The van der Waals surface area contributed by atoms with Gasteiger partial charge in [-0.15, -0.1) is 0 Å². The molecule has 0 aromatic heterocycles. The number of carbonyl (C=O) groups is 2. The van der Waals surface area contributed by atoms with Crippen LogP contribution in [0.25, 0.3) is 0 Å². The highest BCUT2D eigenvalue weighted by Gasteiger charge is 2.41. The van der Waals surface area contributed by atoms with Gasteiger partial charge in [-0.1, -0.05) is 12.1 Å². The van der Waals surface area contributed by atoms with Gasteiger partial charge < -0.3 is 9.47 Å². The number of rotatable bonds is 8. The van der Waals surface area contributed by atoms with E-state index in [4.69, 9.17) is 9.47 Å². The highest BCUT2D eigenvalue weighted by molar-refractivity contribution is 6.09. The van der Waals surface area contributed by atoms with Crippen molar-refractivity contribution < 1.29 is 32.8 Å². The molecule has 158 valence electrons. The molecule has 2 aromatic rings. The van der Waals surface area contributed by atoms with Crippen LogP contribution in [0, 0.1) is 27.7 Å². The van der Waals surface area contributed by atoms with E-state index < -0.39 is 46.7 Å². The lowest BCUT2D eigenvalue weighted by molar-refractivity contribution is -0.484. The van der Waals surface area contributed by atoms with Crippen LogP contribution in [0.5, 0.6) is 5.75 Å². The quantitative estimate of drug-likeness (QED) is 0.214. The Morgan fingerprint density at radius 3 is 2.63 bits per heavy atom. The summed E-state index contributed by atoms with van der Waals surface area (Å²) in [5.74, 6) is -6.55. The van der Waals surface area contributed by atoms with Gasteiger partial charge in [-0.3, -0.25) is 19.7 Å². The van der Waals surface area contributed by atoms with Crippen molar-refractivity contribution in [2.45, 2.75) is 19.3 Å². The minimum atomic E-state index is -1.61. The standard InChI is InChI=1S/C21H19F2NO6/c1-2-29-21(26)19(20(25)14-5-6-16(22)17(23)9-14)15(11-24(27)28)13-4-3-12-7-8-30-18(12)10-13/h3-6,9-10,15,19H,2,7-8,11H2,1H3. The number of esters is 1. The average molecular weight is 419 g/mol. The Balaban J connectivity index is 2.07. The van der Waals surface area contributed by atoms with Crippen molar-refractivity contribution in [2.75, 3.05) is 19.8 Å². The fourth-order valence-corrected chi connectivity index (χ4v) is 3.49. The molecule has 7 nitrogen and oxygen atoms in total. The molecule has 30 heavy (non-hydrogen) atoms. The molecule has 0 fully saturated rings. The maximum atomic E-state index is 13.7. The molecule has 1 heterocycles. The van der Waals surface area contributed by atoms with E-state index in [1.165, 1.54) is 6.92 Å². The van der Waals surface area contributed by atoms with Crippen molar-refractivity contribution in [1.29, 1.82) is 0 Å².